The molecule has 0 aliphatic rings. The normalized spacial score (nSPS) is 10.1. The molecule has 4 heteroatoms. The third kappa shape index (κ3) is 4.07. The summed E-state index contributed by atoms with van der Waals surface area (Å²) in [6.45, 7) is 4.38. The molecule has 0 aromatic heterocycles. The number of amides is 1. The minimum absolute atomic E-state index is 0.0998. The lowest BCUT2D eigenvalue weighted by Crippen LogP contribution is -2.26. The molecule has 0 aliphatic heterocycles. The lowest BCUT2D eigenvalue weighted by molar-refractivity contribution is -0.169. The molecular formula is C13H19NO3. The molecule has 94 valence electrons. The Morgan fingerprint density at radius 2 is 2.06 bits per heavy atom. The van der Waals surface area contributed by atoms with Crippen molar-refractivity contribution in [2.24, 2.45) is 0 Å². The van der Waals surface area contributed by atoms with Crippen molar-refractivity contribution in [1.82, 2.24) is 5.06 Å². The highest BCUT2D eigenvalue weighted by Crippen LogP contribution is 2.18. The fraction of sp³-hybridized carbons (Fsp3) is 0.462. The van der Waals surface area contributed by atoms with Crippen LogP contribution in [0.25, 0.3) is 0 Å². The van der Waals surface area contributed by atoms with Crippen molar-refractivity contribution in [1.29, 1.82) is 0 Å². The monoisotopic (exact) mass is 237 g/mol. The number of ether oxygens (including phenoxy) is 1. The molecule has 4 nitrogen and oxygen atoms in total. The van der Waals surface area contributed by atoms with Crippen LogP contribution in [0.5, 0.6) is 5.75 Å². The zero-order valence-corrected chi connectivity index (χ0v) is 10.8. The van der Waals surface area contributed by atoms with Crippen LogP contribution in [0, 0.1) is 13.8 Å². The molecule has 17 heavy (non-hydrogen) atoms. The van der Waals surface area contributed by atoms with Crippen LogP contribution in [0.3, 0.4) is 0 Å². The highest BCUT2D eigenvalue weighted by molar-refractivity contribution is 5.74. The van der Waals surface area contributed by atoms with Crippen molar-refractivity contribution in [2.75, 3.05) is 20.8 Å². The van der Waals surface area contributed by atoms with E-state index in [4.69, 9.17) is 9.57 Å². The number of carbonyl (C=O) groups is 1. The molecule has 0 saturated heterocycles. The molecule has 0 radical (unpaired) electrons. The predicted octanol–water partition coefficient (Wildman–Crippen LogP) is 2.09. The summed E-state index contributed by atoms with van der Waals surface area (Å²) in [6, 6.07) is 5.97. The summed E-state index contributed by atoms with van der Waals surface area (Å²) in [5.74, 6) is 0.723. The highest BCUT2D eigenvalue weighted by Gasteiger charge is 2.08. The Kier molecular flexibility index (Phi) is 4.97. The highest BCUT2D eigenvalue weighted by atomic mass is 16.7. The molecule has 0 unspecified atom stereocenters. The number of hydrogen-bond acceptors (Lipinski definition) is 3. The number of hydrogen-bond donors (Lipinski definition) is 0. The second-order valence-corrected chi connectivity index (χ2v) is 3.94. The molecule has 0 atom stereocenters. The Labute approximate surface area is 102 Å². The van der Waals surface area contributed by atoms with Gasteiger partial charge in [-0.1, -0.05) is 17.7 Å². The maximum atomic E-state index is 11.4. The standard InChI is InChI=1S/C13H19NO3/c1-10-5-6-12(11(2)9-10)17-8-7-13(15)14(3)16-4/h5-6,9H,7-8H2,1-4H3. The summed E-state index contributed by atoms with van der Waals surface area (Å²) in [4.78, 5) is 16.2. The average Bonchev–Trinajstić information content (AvgIpc) is 2.30. The van der Waals surface area contributed by atoms with Crippen molar-refractivity contribution in [3.05, 3.63) is 29.3 Å². The van der Waals surface area contributed by atoms with Crippen LogP contribution < -0.4 is 4.74 Å². The molecule has 1 rings (SSSR count). The maximum Gasteiger partial charge on any atom is 0.249 e. The van der Waals surface area contributed by atoms with E-state index in [1.807, 2.05) is 26.0 Å². The van der Waals surface area contributed by atoms with E-state index in [1.165, 1.54) is 17.7 Å². The van der Waals surface area contributed by atoms with Crippen LogP contribution in [0.2, 0.25) is 0 Å². The molecule has 0 fully saturated rings. The van der Waals surface area contributed by atoms with Gasteiger partial charge < -0.3 is 4.74 Å². The second-order valence-electron chi connectivity index (χ2n) is 3.94. The van der Waals surface area contributed by atoms with Crippen LogP contribution in [-0.4, -0.2) is 31.7 Å². The number of benzene rings is 1. The molecule has 0 N–H and O–H groups in total. The van der Waals surface area contributed by atoms with Crippen LogP contribution >= 0.6 is 0 Å². The van der Waals surface area contributed by atoms with Crippen molar-refractivity contribution >= 4 is 5.91 Å². The van der Waals surface area contributed by atoms with E-state index >= 15 is 0 Å². The van der Waals surface area contributed by atoms with E-state index in [0.717, 1.165) is 11.3 Å². The van der Waals surface area contributed by atoms with Gasteiger partial charge >= 0.3 is 0 Å². The van der Waals surface area contributed by atoms with Gasteiger partial charge in [0.15, 0.2) is 0 Å². The maximum absolute atomic E-state index is 11.4. The molecule has 1 aromatic carbocycles. The molecule has 0 aliphatic carbocycles. The third-order valence-electron chi connectivity index (χ3n) is 2.53. The average molecular weight is 237 g/mol. The minimum atomic E-state index is -0.0998. The topological polar surface area (TPSA) is 38.8 Å². The van der Waals surface area contributed by atoms with Crippen LogP contribution in [0.15, 0.2) is 18.2 Å². The Balaban J connectivity index is 2.43. The quantitative estimate of drug-likeness (QED) is 0.736. The van der Waals surface area contributed by atoms with Gasteiger partial charge in [0.1, 0.15) is 5.75 Å². The van der Waals surface area contributed by atoms with Crippen LogP contribution in [0.4, 0.5) is 0 Å². The van der Waals surface area contributed by atoms with Crippen LogP contribution in [0.1, 0.15) is 17.5 Å². The SMILES string of the molecule is CON(C)C(=O)CCOc1ccc(C)cc1C. The summed E-state index contributed by atoms with van der Waals surface area (Å²) < 4.78 is 5.55. The van der Waals surface area contributed by atoms with Gasteiger partial charge in [0.05, 0.1) is 20.1 Å². The van der Waals surface area contributed by atoms with Crippen molar-refractivity contribution in [2.45, 2.75) is 20.3 Å². The largest absolute Gasteiger partial charge is 0.493 e. The van der Waals surface area contributed by atoms with E-state index in [2.05, 4.69) is 6.07 Å². The van der Waals surface area contributed by atoms with Crippen molar-refractivity contribution < 1.29 is 14.4 Å². The van der Waals surface area contributed by atoms with Gasteiger partial charge in [-0.05, 0) is 25.5 Å². The molecule has 0 heterocycles. The minimum Gasteiger partial charge on any atom is -0.493 e. The molecule has 0 bridgehead atoms. The summed E-state index contributed by atoms with van der Waals surface area (Å²) in [7, 11) is 3.04. The van der Waals surface area contributed by atoms with Crippen LogP contribution in [-0.2, 0) is 9.63 Å². The molecule has 0 spiro atoms. The zero-order valence-electron chi connectivity index (χ0n) is 10.8. The number of aryl methyl sites for hydroxylation is 2. The number of nitrogens with zero attached hydrogens (tertiary/aromatic N) is 1. The first-order chi connectivity index (χ1) is 8.04. The first kappa shape index (κ1) is 13.5. The van der Waals surface area contributed by atoms with E-state index in [9.17, 15) is 4.79 Å². The Hall–Kier alpha value is -1.55. The lowest BCUT2D eigenvalue weighted by atomic mass is 10.1. The van der Waals surface area contributed by atoms with E-state index in [-0.39, 0.29) is 5.91 Å². The number of carbonyl (C=O) groups excluding carboxylic acids is 1. The fourth-order valence-electron chi connectivity index (χ4n) is 1.47. The van der Waals surface area contributed by atoms with Gasteiger partial charge in [0.25, 0.3) is 0 Å². The van der Waals surface area contributed by atoms with Gasteiger partial charge in [0.2, 0.25) is 5.91 Å². The first-order valence-electron chi connectivity index (χ1n) is 5.55. The summed E-state index contributed by atoms with van der Waals surface area (Å²) in [6.07, 6.45) is 0.303. The Bertz CT molecular complexity index is 390. The number of rotatable bonds is 5. The molecule has 1 aromatic rings. The lowest BCUT2D eigenvalue weighted by Gasteiger charge is -2.14. The molecular weight excluding hydrogens is 218 g/mol. The smallest absolute Gasteiger partial charge is 0.249 e. The van der Waals surface area contributed by atoms with Gasteiger partial charge in [-0.3, -0.25) is 9.63 Å². The van der Waals surface area contributed by atoms with Crippen molar-refractivity contribution in [3.63, 3.8) is 0 Å². The summed E-state index contributed by atoms with van der Waals surface area (Å²) in [5.41, 5.74) is 2.28. The number of hydroxylamine groups is 2. The summed E-state index contributed by atoms with van der Waals surface area (Å²) >= 11 is 0. The zero-order chi connectivity index (χ0) is 12.8. The van der Waals surface area contributed by atoms with E-state index in [1.54, 1.807) is 7.05 Å². The van der Waals surface area contributed by atoms with Gasteiger partial charge in [0, 0.05) is 7.05 Å². The van der Waals surface area contributed by atoms with Gasteiger partial charge in [-0.25, -0.2) is 5.06 Å². The second kappa shape index (κ2) is 6.25. The van der Waals surface area contributed by atoms with E-state index < -0.39 is 0 Å². The Morgan fingerprint density at radius 3 is 2.65 bits per heavy atom. The molecule has 0 saturated carbocycles. The van der Waals surface area contributed by atoms with E-state index in [0.29, 0.717) is 13.0 Å². The fourth-order valence-corrected chi connectivity index (χ4v) is 1.47. The first-order valence-corrected chi connectivity index (χ1v) is 5.55. The third-order valence-corrected chi connectivity index (χ3v) is 2.53. The Morgan fingerprint density at radius 1 is 1.35 bits per heavy atom. The molecule has 1 amide bonds. The predicted molar refractivity (Wildman–Crippen MR) is 65.8 cm³/mol. The van der Waals surface area contributed by atoms with Gasteiger partial charge in [-0.2, -0.15) is 0 Å². The van der Waals surface area contributed by atoms with Gasteiger partial charge in [-0.15, -0.1) is 0 Å². The van der Waals surface area contributed by atoms with Crippen molar-refractivity contribution in [3.8, 4) is 5.75 Å². The summed E-state index contributed by atoms with van der Waals surface area (Å²) in [5, 5.41) is 1.20.